The van der Waals surface area contributed by atoms with E-state index < -0.39 is 0 Å². The van der Waals surface area contributed by atoms with Crippen LogP contribution >= 0.6 is 27.5 Å². The number of alkyl halides is 1. The van der Waals surface area contributed by atoms with E-state index in [-0.39, 0.29) is 0 Å². The molecule has 1 aromatic carbocycles. The molecule has 2 rings (SSSR count). The predicted octanol–water partition coefficient (Wildman–Crippen LogP) is 4.45. The van der Waals surface area contributed by atoms with Crippen LogP contribution < -0.4 is 4.74 Å². The Bertz CT molecular complexity index is 465. The van der Waals surface area contributed by atoms with E-state index in [1.807, 2.05) is 18.2 Å². The molecule has 0 aliphatic carbocycles. The van der Waals surface area contributed by atoms with Gasteiger partial charge in [-0.05, 0) is 31.0 Å². The van der Waals surface area contributed by atoms with Gasteiger partial charge in [0.2, 0.25) is 5.90 Å². The molecular weight excluding hydrogens is 342 g/mol. The molecule has 0 bridgehead atoms. The molecule has 0 saturated carbocycles. The number of hydrogen-bond donors (Lipinski definition) is 0. The van der Waals surface area contributed by atoms with Crippen molar-refractivity contribution < 1.29 is 9.47 Å². The fourth-order valence-electron chi connectivity index (χ4n) is 1.99. The number of halogens is 2. The topological polar surface area (TPSA) is 30.8 Å². The van der Waals surface area contributed by atoms with E-state index in [2.05, 4.69) is 20.9 Å². The Labute approximate surface area is 133 Å². The zero-order valence-corrected chi connectivity index (χ0v) is 13.8. The van der Waals surface area contributed by atoms with E-state index in [0.717, 1.165) is 29.6 Å². The van der Waals surface area contributed by atoms with Gasteiger partial charge in [0.1, 0.15) is 12.4 Å². The Kier molecular flexibility index (Phi) is 6.67. The number of unbranched alkanes of at least 4 members (excludes halogenated alkanes) is 3. The van der Waals surface area contributed by atoms with Crippen LogP contribution in [0.3, 0.4) is 0 Å². The lowest BCUT2D eigenvalue weighted by Crippen LogP contribution is -2.02. The van der Waals surface area contributed by atoms with E-state index in [1.54, 1.807) is 0 Å². The lowest BCUT2D eigenvalue weighted by Gasteiger charge is -2.09. The molecule has 20 heavy (non-hydrogen) atoms. The summed E-state index contributed by atoms with van der Waals surface area (Å²) in [7, 11) is 0. The Morgan fingerprint density at radius 2 is 2.10 bits per heavy atom. The van der Waals surface area contributed by atoms with Crippen LogP contribution in [0.5, 0.6) is 5.75 Å². The summed E-state index contributed by atoms with van der Waals surface area (Å²) in [5.41, 5.74) is 0.914. The highest BCUT2D eigenvalue weighted by molar-refractivity contribution is 9.09. The lowest BCUT2D eigenvalue weighted by molar-refractivity contribution is 0.305. The summed E-state index contributed by atoms with van der Waals surface area (Å²) in [6.07, 6.45) is 4.70. The van der Waals surface area contributed by atoms with Crippen molar-refractivity contribution in [3.05, 3.63) is 28.8 Å². The molecule has 0 atom stereocenters. The smallest absolute Gasteiger partial charge is 0.216 e. The predicted molar refractivity (Wildman–Crippen MR) is 86.6 cm³/mol. The maximum Gasteiger partial charge on any atom is 0.216 e. The fourth-order valence-corrected chi connectivity index (χ4v) is 2.62. The lowest BCUT2D eigenvalue weighted by atomic mass is 10.2. The molecule has 0 spiro atoms. The van der Waals surface area contributed by atoms with Gasteiger partial charge in [0.05, 0.1) is 18.2 Å². The molecule has 0 radical (unpaired) electrons. The maximum absolute atomic E-state index is 6.23. The maximum atomic E-state index is 6.23. The first-order valence-electron chi connectivity index (χ1n) is 6.97. The van der Waals surface area contributed by atoms with Crippen LogP contribution in [0.1, 0.15) is 31.2 Å². The first-order chi connectivity index (χ1) is 9.81. The Balaban J connectivity index is 1.80. The summed E-state index contributed by atoms with van der Waals surface area (Å²) in [6, 6.07) is 5.68. The first kappa shape index (κ1) is 15.6. The van der Waals surface area contributed by atoms with Crippen molar-refractivity contribution in [1.82, 2.24) is 0 Å². The van der Waals surface area contributed by atoms with Crippen molar-refractivity contribution in [1.29, 1.82) is 0 Å². The van der Waals surface area contributed by atoms with Crippen molar-refractivity contribution in [2.24, 2.45) is 4.99 Å². The standard InChI is InChI=1S/C15H19BrClNO2/c16-7-3-1-2-4-9-19-14-6-5-12(11-13(14)17)15-18-8-10-20-15/h5-6,11H,1-4,7-10H2. The molecule has 3 nitrogen and oxygen atoms in total. The molecule has 0 aromatic heterocycles. The summed E-state index contributed by atoms with van der Waals surface area (Å²) < 4.78 is 11.1. The Morgan fingerprint density at radius 1 is 1.25 bits per heavy atom. The minimum Gasteiger partial charge on any atom is -0.492 e. The van der Waals surface area contributed by atoms with Crippen LogP contribution in [0.25, 0.3) is 0 Å². The average molecular weight is 361 g/mol. The van der Waals surface area contributed by atoms with E-state index in [1.165, 1.54) is 19.3 Å². The average Bonchev–Trinajstić information content (AvgIpc) is 2.98. The zero-order chi connectivity index (χ0) is 14.2. The van der Waals surface area contributed by atoms with Crippen molar-refractivity contribution in [2.45, 2.75) is 25.7 Å². The van der Waals surface area contributed by atoms with Gasteiger partial charge in [-0.3, -0.25) is 0 Å². The van der Waals surface area contributed by atoms with Gasteiger partial charge < -0.3 is 9.47 Å². The van der Waals surface area contributed by atoms with Crippen LogP contribution in [0.4, 0.5) is 0 Å². The van der Waals surface area contributed by atoms with E-state index in [0.29, 0.717) is 24.1 Å². The number of ether oxygens (including phenoxy) is 2. The summed E-state index contributed by atoms with van der Waals surface area (Å²) in [4.78, 5) is 4.27. The van der Waals surface area contributed by atoms with Crippen molar-refractivity contribution >= 4 is 33.4 Å². The molecule has 0 saturated heterocycles. The highest BCUT2D eigenvalue weighted by Gasteiger charge is 2.12. The van der Waals surface area contributed by atoms with Crippen LogP contribution in [0.2, 0.25) is 5.02 Å². The van der Waals surface area contributed by atoms with Crippen molar-refractivity contribution in [3.63, 3.8) is 0 Å². The van der Waals surface area contributed by atoms with Gasteiger partial charge in [-0.15, -0.1) is 0 Å². The second-order valence-corrected chi connectivity index (χ2v) is 5.83. The quantitative estimate of drug-likeness (QED) is 0.506. The van der Waals surface area contributed by atoms with E-state index >= 15 is 0 Å². The molecule has 1 aliphatic rings. The van der Waals surface area contributed by atoms with Gasteiger partial charge in [0.15, 0.2) is 0 Å². The molecular formula is C15H19BrClNO2. The van der Waals surface area contributed by atoms with Crippen LogP contribution in [-0.4, -0.2) is 31.0 Å². The third-order valence-corrected chi connectivity index (χ3v) is 3.91. The number of rotatable bonds is 8. The summed E-state index contributed by atoms with van der Waals surface area (Å²) in [5, 5.41) is 1.69. The summed E-state index contributed by atoms with van der Waals surface area (Å²) in [5.74, 6) is 1.41. The van der Waals surface area contributed by atoms with Gasteiger partial charge in [-0.2, -0.15) is 0 Å². The van der Waals surface area contributed by atoms with Gasteiger partial charge >= 0.3 is 0 Å². The molecule has 0 amide bonds. The third kappa shape index (κ3) is 4.67. The molecule has 0 N–H and O–H groups in total. The molecule has 5 heteroatoms. The molecule has 1 aliphatic heterocycles. The van der Waals surface area contributed by atoms with Crippen LogP contribution in [0, 0.1) is 0 Å². The van der Waals surface area contributed by atoms with Crippen LogP contribution in [-0.2, 0) is 4.74 Å². The van der Waals surface area contributed by atoms with Gasteiger partial charge in [-0.25, -0.2) is 4.99 Å². The molecule has 0 fully saturated rings. The number of aliphatic imine (C=N–C) groups is 1. The molecule has 1 aromatic rings. The zero-order valence-electron chi connectivity index (χ0n) is 11.4. The minimum atomic E-state index is 0.612. The molecule has 110 valence electrons. The third-order valence-electron chi connectivity index (χ3n) is 3.05. The van der Waals surface area contributed by atoms with Crippen LogP contribution in [0.15, 0.2) is 23.2 Å². The normalized spacial score (nSPS) is 14.0. The SMILES string of the molecule is Clc1cc(C2=NCCO2)ccc1OCCCCCCBr. The van der Waals surface area contributed by atoms with Crippen molar-refractivity contribution in [2.75, 3.05) is 25.1 Å². The van der Waals surface area contributed by atoms with E-state index in [9.17, 15) is 0 Å². The second kappa shape index (κ2) is 8.53. The highest BCUT2D eigenvalue weighted by atomic mass is 79.9. The van der Waals surface area contributed by atoms with Crippen molar-refractivity contribution in [3.8, 4) is 5.75 Å². The van der Waals surface area contributed by atoms with Gasteiger partial charge in [0, 0.05) is 10.9 Å². The number of benzene rings is 1. The summed E-state index contributed by atoms with van der Waals surface area (Å²) >= 11 is 9.66. The number of nitrogens with zero attached hydrogens (tertiary/aromatic N) is 1. The fraction of sp³-hybridized carbons (Fsp3) is 0.533. The first-order valence-corrected chi connectivity index (χ1v) is 8.47. The van der Waals surface area contributed by atoms with Gasteiger partial charge in [-0.1, -0.05) is 40.4 Å². The largest absolute Gasteiger partial charge is 0.492 e. The molecule has 1 heterocycles. The number of hydrogen-bond acceptors (Lipinski definition) is 3. The Morgan fingerprint density at radius 3 is 2.80 bits per heavy atom. The molecule has 0 unspecified atom stereocenters. The van der Waals surface area contributed by atoms with Gasteiger partial charge in [0.25, 0.3) is 0 Å². The Hall–Kier alpha value is -0.740. The highest BCUT2D eigenvalue weighted by Crippen LogP contribution is 2.26. The minimum absolute atomic E-state index is 0.612. The van der Waals surface area contributed by atoms with E-state index in [4.69, 9.17) is 21.1 Å². The summed E-state index contributed by atoms with van der Waals surface area (Å²) in [6.45, 7) is 2.08. The monoisotopic (exact) mass is 359 g/mol. The second-order valence-electron chi connectivity index (χ2n) is 4.63.